The van der Waals surface area contributed by atoms with Crippen LogP contribution in [0, 0.1) is 5.92 Å². The van der Waals surface area contributed by atoms with E-state index in [0.29, 0.717) is 10.7 Å². The van der Waals surface area contributed by atoms with Gasteiger partial charge < -0.3 is 9.84 Å². The van der Waals surface area contributed by atoms with Crippen LogP contribution in [0.25, 0.3) is 0 Å². The molecule has 2 atom stereocenters. The summed E-state index contributed by atoms with van der Waals surface area (Å²) in [6.45, 7) is 3.08. The van der Waals surface area contributed by atoms with Gasteiger partial charge in [-0.2, -0.15) is 0 Å². The van der Waals surface area contributed by atoms with Gasteiger partial charge in [0, 0.05) is 5.02 Å². The monoisotopic (exact) mass is 498 g/mol. The molecule has 1 saturated carbocycles. The third-order valence-corrected chi connectivity index (χ3v) is 6.58. The van der Waals surface area contributed by atoms with Crippen LogP contribution in [0.4, 0.5) is 5.69 Å². The van der Waals surface area contributed by atoms with Crippen LogP contribution in [0.15, 0.2) is 63.1 Å². The van der Waals surface area contributed by atoms with Crippen molar-refractivity contribution in [1.82, 2.24) is 14.1 Å². The summed E-state index contributed by atoms with van der Waals surface area (Å²) < 4.78 is 8.11. The number of aromatic nitrogens is 3. The lowest BCUT2D eigenvalue weighted by molar-refractivity contribution is -0.142. The molecule has 0 unspecified atom stereocenters. The molecule has 184 valence electrons. The fourth-order valence-corrected chi connectivity index (χ4v) is 3.85. The van der Waals surface area contributed by atoms with E-state index in [1.807, 2.05) is 0 Å². The Bertz CT molecular complexity index is 1390. The molecular formula is C25H27ClN4O5. The quantitative estimate of drug-likeness (QED) is 0.493. The van der Waals surface area contributed by atoms with Gasteiger partial charge in [-0.15, -0.1) is 0 Å². The van der Waals surface area contributed by atoms with E-state index in [9.17, 15) is 19.5 Å². The van der Waals surface area contributed by atoms with E-state index >= 15 is 0 Å². The summed E-state index contributed by atoms with van der Waals surface area (Å²) >= 11 is 5.99. The van der Waals surface area contributed by atoms with Gasteiger partial charge in [-0.05, 0) is 75.1 Å². The molecule has 0 aliphatic heterocycles. The highest BCUT2D eigenvalue weighted by Crippen LogP contribution is 2.26. The third kappa shape index (κ3) is 5.57. The Morgan fingerprint density at radius 3 is 2.37 bits per heavy atom. The highest BCUT2D eigenvalue weighted by molar-refractivity contribution is 6.30. The van der Waals surface area contributed by atoms with Crippen LogP contribution < -0.4 is 21.7 Å². The van der Waals surface area contributed by atoms with Crippen LogP contribution >= 0.6 is 11.6 Å². The molecule has 1 aliphatic rings. The summed E-state index contributed by atoms with van der Waals surface area (Å²) in [5.41, 5.74) is -0.0565. The fraction of sp³-hybridized carbons (Fsp3) is 0.360. The van der Waals surface area contributed by atoms with E-state index in [1.54, 1.807) is 48.5 Å². The summed E-state index contributed by atoms with van der Waals surface area (Å²) in [7, 11) is 0. The topological polar surface area (TPSA) is 119 Å². The number of carboxylic acids is 1. The van der Waals surface area contributed by atoms with Gasteiger partial charge in [-0.1, -0.05) is 23.7 Å². The van der Waals surface area contributed by atoms with Crippen LogP contribution in [0.2, 0.25) is 5.02 Å². The van der Waals surface area contributed by atoms with Gasteiger partial charge in [0.25, 0.3) is 0 Å². The summed E-state index contributed by atoms with van der Waals surface area (Å²) in [4.78, 5) is 45.0. The normalized spacial score (nSPS) is 15.9. The molecular weight excluding hydrogens is 472 g/mol. The highest BCUT2D eigenvalue weighted by Gasteiger charge is 2.25. The molecule has 2 aromatic carbocycles. The standard InChI is InChI=1S/C25H27ClN4O5/c1-15(22(31)32)16(2)30-24(33)28-23(29(25(30)34)14-17-6-8-18(26)9-7-17)27-19-10-12-21(13-11-19)35-20-4-3-5-20/h6-13,15-16,20H,3-5,14H2,1-2H3,(H,31,32)(H,27,28,33)/t15-,16+/m0/s1. The number of hydrogen-bond acceptors (Lipinski definition) is 5. The number of ether oxygens (including phenoxy) is 1. The summed E-state index contributed by atoms with van der Waals surface area (Å²) in [6, 6.07) is 13.2. The molecule has 0 radical (unpaired) electrons. The van der Waals surface area contributed by atoms with E-state index in [-0.39, 0.29) is 18.3 Å². The first kappa shape index (κ1) is 24.5. The molecule has 35 heavy (non-hydrogen) atoms. The first-order chi connectivity index (χ1) is 16.7. The third-order valence-electron chi connectivity index (χ3n) is 6.33. The predicted octanol–water partition coefficient (Wildman–Crippen LogP) is 3.49. The zero-order valence-corrected chi connectivity index (χ0v) is 20.2. The Balaban J connectivity index is 1.79. The molecule has 1 aromatic heterocycles. The number of H-pyrrole nitrogens is 1. The maximum atomic E-state index is 13.5. The summed E-state index contributed by atoms with van der Waals surface area (Å²) in [5, 5.41) is 9.95. The number of aromatic amines is 1. The smallest absolute Gasteiger partial charge is 0.335 e. The zero-order chi connectivity index (χ0) is 25.1. The minimum Gasteiger partial charge on any atom is -0.490 e. The first-order valence-corrected chi connectivity index (χ1v) is 11.8. The second-order valence-electron chi connectivity index (χ2n) is 8.76. The lowest BCUT2D eigenvalue weighted by Gasteiger charge is -2.26. The van der Waals surface area contributed by atoms with Crippen molar-refractivity contribution in [2.75, 3.05) is 0 Å². The maximum Gasteiger partial charge on any atom is 0.335 e. The lowest BCUT2D eigenvalue weighted by Crippen LogP contribution is -2.52. The van der Waals surface area contributed by atoms with Crippen molar-refractivity contribution in [3.05, 3.63) is 85.7 Å². The van der Waals surface area contributed by atoms with Crippen LogP contribution in [-0.2, 0) is 11.3 Å². The Kier molecular flexibility index (Phi) is 7.25. The average Bonchev–Trinajstić information content (AvgIpc) is 2.80. The maximum absolute atomic E-state index is 13.5. The molecule has 0 saturated heterocycles. The van der Waals surface area contributed by atoms with Crippen molar-refractivity contribution in [1.29, 1.82) is 0 Å². The van der Waals surface area contributed by atoms with Gasteiger partial charge in [0.1, 0.15) is 5.75 Å². The van der Waals surface area contributed by atoms with Gasteiger partial charge >= 0.3 is 17.3 Å². The van der Waals surface area contributed by atoms with E-state index < -0.39 is 29.3 Å². The van der Waals surface area contributed by atoms with Crippen LogP contribution in [0.3, 0.4) is 0 Å². The number of hydrogen-bond donors (Lipinski definition) is 2. The van der Waals surface area contributed by atoms with Crippen LogP contribution in [0.1, 0.15) is 44.7 Å². The Labute approximate surface area is 206 Å². The minimum atomic E-state index is -1.11. The summed E-state index contributed by atoms with van der Waals surface area (Å²) in [6.07, 6.45) is 3.52. The number of halogens is 1. The van der Waals surface area contributed by atoms with Gasteiger partial charge in [0.05, 0.1) is 30.3 Å². The van der Waals surface area contributed by atoms with E-state index in [0.717, 1.165) is 28.7 Å². The van der Waals surface area contributed by atoms with E-state index in [1.165, 1.54) is 24.8 Å². The Hall–Kier alpha value is -3.59. The molecule has 9 nitrogen and oxygen atoms in total. The number of carbonyl (C=O) groups is 1. The summed E-state index contributed by atoms with van der Waals surface area (Å²) in [5.74, 6) is -1.32. The van der Waals surface area contributed by atoms with E-state index in [4.69, 9.17) is 16.3 Å². The number of nitrogens with one attached hydrogen (secondary N) is 1. The van der Waals surface area contributed by atoms with Crippen LogP contribution in [0.5, 0.6) is 5.75 Å². The van der Waals surface area contributed by atoms with Crippen molar-refractivity contribution < 1.29 is 14.6 Å². The number of nitrogens with zero attached hydrogens (tertiary/aromatic N) is 3. The van der Waals surface area contributed by atoms with Crippen molar-refractivity contribution in [3.8, 4) is 5.75 Å². The molecule has 0 bridgehead atoms. The number of benzene rings is 2. The van der Waals surface area contributed by atoms with Crippen molar-refractivity contribution in [2.45, 2.75) is 51.8 Å². The van der Waals surface area contributed by atoms with Gasteiger partial charge in [0.2, 0.25) is 5.62 Å². The molecule has 1 fully saturated rings. The average molecular weight is 499 g/mol. The van der Waals surface area contributed by atoms with Crippen molar-refractivity contribution >= 4 is 23.3 Å². The second-order valence-corrected chi connectivity index (χ2v) is 9.20. The molecule has 0 spiro atoms. The number of carboxylic acid groups (broad SMARTS) is 1. The van der Waals surface area contributed by atoms with Gasteiger partial charge in [0.15, 0.2) is 0 Å². The number of rotatable bonds is 8. The molecule has 4 rings (SSSR count). The van der Waals surface area contributed by atoms with Crippen LogP contribution in [-0.4, -0.2) is 31.3 Å². The second kappa shape index (κ2) is 10.4. The number of aliphatic carboxylic acids is 1. The van der Waals surface area contributed by atoms with Gasteiger partial charge in [-0.25, -0.2) is 19.1 Å². The predicted molar refractivity (Wildman–Crippen MR) is 131 cm³/mol. The molecule has 10 heteroatoms. The van der Waals surface area contributed by atoms with Gasteiger partial charge in [-0.3, -0.25) is 14.3 Å². The van der Waals surface area contributed by atoms with Crippen molar-refractivity contribution in [3.63, 3.8) is 0 Å². The Morgan fingerprint density at radius 2 is 1.80 bits per heavy atom. The SMILES string of the molecule is C[C@H](C(=O)O)[C@@H](C)n1c(=O)[nH]/c(=N\c2ccc(OC3CCC3)cc2)n(Cc2ccc(Cl)cc2)c1=O. The van der Waals surface area contributed by atoms with Crippen molar-refractivity contribution in [2.24, 2.45) is 10.9 Å². The van der Waals surface area contributed by atoms with E-state index in [2.05, 4.69) is 9.98 Å². The highest BCUT2D eigenvalue weighted by atomic mass is 35.5. The molecule has 1 heterocycles. The molecule has 3 aromatic rings. The molecule has 0 amide bonds. The molecule has 1 aliphatic carbocycles. The fourth-order valence-electron chi connectivity index (χ4n) is 3.73. The largest absolute Gasteiger partial charge is 0.490 e. The Morgan fingerprint density at radius 1 is 1.14 bits per heavy atom. The minimum absolute atomic E-state index is 0.0500. The lowest BCUT2D eigenvalue weighted by atomic mass is 9.96. The first-order valence-electron chi connectivity index (χ1n) is 11.5. The molecule has 2 N–H and O–H groups in total. The zero-order valence-electron chi connectivity index (χ0n) is 19.5.